The van der Waals surface area contributed by atoms with Crippen molar-refractivity contribution in [2.24, 2.45) is 22.7 Å². The fraction of sp³-hybridized carbons (Fsp3) is 0.742. The number of hydrogen-bond acceptors (Lipinski definition) is 6. The number of amides is 5. The third-order valence-corrected chi connectivity index (χ3v) is 7.74. The Morgan fingerprint density at radius 1 is 0.953 bits per heavy atom. The van der Waals surface area contributed by atoms with Gasteiger partial charge < -0.3 is 31.3 Å². The molecule has 1 unspecified atom stereocenters. The van der Waals surface area contributed by atoms with Gasteiger partial charge in [-0.15, -0.1) is 6.58 Å². The standard InChI is InChI=1S/C31H53N5O7/c1-11-13-14-20(22(37)26(39)32-16-12-2)33-25(38)21-19(18(3)4)15-17-36(21)27(40)23(30(5,6)7)34-29(43)35-24(28(41)42)31(8,9)10/h12,18-21,23-24H,2,11,13-17H2,1,3-10H3,(H,32,39)(H,33,38)(H,41,42)(H2,34,35,43)/t19-,20?,21+,23-,24-/m1/s1. The van der Waals surface area contributed by atoms with Crippen LogP contribution in [0.25, 0.3) is 0 Å². The number of carbonyl (C=O) groups is 6. The van der Waals surface area contributed by atoms with Crippen LogP contribution in [-0.4, -0.2) is 82.8 Å². The topological polar surface area (TPSA) is 174 Å². The molecule has 1 fully saturated rings. The van der Waals surface area contributed by atoms with E-state index >= 15 is 0 Å². The Morgan fingerprint density at radius 2 is 1.51 bits per heavy atom. The highest BCUT2D eigenvalue weighted by Crippen LogP contribution is 2.33. The van der Waals surface area contributed by atoms with Crippen LogP contribution >= 0.6 is 0 Å². The minimum absolute atomic E-state index is 0.0155. The minimum atomic E-state index is -1.21. The Hall–Kier alpha value is -3.44. The highest BCUT2D eigenvalue weighted by molar-refractivity contribution is 6.38. The molecule has 0 bridgehead atoms. The Labute approximate surface area is 256 Å². The van der Waals surface area contributed by atoms with Gasteiger partial charge in [-0.1, -0.05) is 81.2 Å². The number of urea groups is 1. The van der Waals surface area contributed by atoms with Crippen molar-refractivity contribution in [1.82, 2.24) is 26.2 Å². The third-order valence-electron chi connectivity index (χ3n) is 7.74. The normalized spacial score (nSPS) is 19.2. The lowest BCUT2D eigenvalue weighted by Crippen LogP contribution is -2.62. The number of hydrogen-bond donors (Lipinski definition) is 5. The maximum absolute atomic E-state index is 14.1. The van der Waals surface area contributed by atoms with Crippen LogP contribution in [0.3, 0.4) is 0 Å². The molecule has 0 aromatic heterocycles. The van der Waals surface area contributed by atoms with Crippen molar-refractivity contribution in [1.29, 1.82) is 0 Å². The number of unbranched alkanes of at least 4 members (excludes halogenated alkanes) is 1. The monoisotopic (exact) mass is 607 g/mol. The largest absolute Gasteiger partial charge is 0.480 e. The van der Waals surface area contributed by atoms with Crippen LogP contribution < -0.4 is 21.3 Å². The number of Topliss-reactive ketones (excluding diaryl/α,β-unsaturated/α-hetero) is 1. The van der Waals surface area contributed by atoms with Gasteiger partial charge in [0.05, 0.1) is 6.04 Å². The van der Waals surface area contributed by atoms with Gasteiger partial charge in [-0.05, 0) is 35.5 Å². The average Bonchev–Trinajstić information content (AvgIpc) is 3.34. The molecule has 5 atom stereocenters. The molecule has 5 N–H and O–H groups in total. The molecule has 1 saturated heterocycles. The van der Waals surface area contributed by atoms with Crippen LogP contribution in [0.15, 0.2) is 12.7 Å². The minimum Gasteiger partial charge on any atom is -0.480 e. The number of aliphatic carboxylic acids is 1. The smallest absolute Gasteiger partial charge is 0.326 e. The quantitative estimate of drug-likeness (QED) is 0.149. The summed E-state index contributed by atoms with van der Waals surface area (Å²) >= 11 is 0. The fourth-order valence-electron chi connectivity index (χ4n) is 5.21. The van der Waals surface area contributed by atoms with Crippen LogP contribution in [0.1, 0.15) is 88.0 Å². The number of rotatable bonds is 14. The molecule has 0 aromatic rings. The number of carbonyl (C=O) groups excluding carboxylic acids is 5. The van der Waals surface area contributed by atoms with E-state index < -0.39 is 70.5 Å². The van der Waals surface area contributed by atoms with Gasteiger partial charge in [0, 0.05) is 13.1 Å². The van der Waals surface area contributed by atoms with E-state index in [1.54, 1.807) is 41.5 Å². The molecule has 0 aliphatic carbocycles. The van der Waals surface area contributed by atoms with Crippen molar-refractivity contribution in [2.75, 3.05) is 13.1 Å². The summed E-state index contributed by atoms with van der Waals surface area (Å²) in [5.41, 5.74) is -1.59. The summed E-state index contributed by atoms with van der Waals surface area (Å²) in [6.07, 6.45) is 3.59. The molecule has 0 aromatic carbocycles. The first-order valence-electron chi connectivity index (χ1n) is 15.1. The number of nitrogens with one attached hydrogen (secondary N) is 4. The second kappa shape index (κ2) is 15.9. The van der Waals surface area contributed by atoms with E-state index in [2.05, 4.69) is 27.8 Å². The molecule has 5 amide bonds. The van der Waals surface area contributed by atoms with Crippen LogP contribution in [0, 0.1) is 22.7 Å². The molecule has 0 spiro atoms. The molecular weight excluding hydrogens is 554 g/mol. The zero-order chi connectivity index (χ0) is 33.3. The Bertz CT molecular complexity index is 1040. The molecule has 1 heterocycles. The third kappa shape index (κ3) is 10.7. The summed E-state index contributed by atoms with van der Waals surface area (Å²) in [5, 5.41) is 20.0. The number of nitrogens with zero attached hydrogens (tertiary/aromatic N) is 1. The SMILES string of the molecule is C=CCNC(=O)C(=O)C(CCCC)NC(=O)[C@@H]1[C@@H](C(C)C)CCN1C(=O)[C@@H](NC(=O)N[C@H](C(=O)O)C(C)(C)C)C(C)(C)C. The van der Waals surface area contributed by atoms with Gasteiger partial charge >= 0.3 is 12.0 Å². The second-order valence-corrected chi connectivity index (χ2v) is 13.8. The fourth-order valence-corrected chi connectivity index (χ4v) is 5.21. The molecule has 12 heteroatoms. The van der Waals surface area contributed by atoms with Gasteiger partial charge in [0.2, 0.25) is 17.6 Å². The van der Waals surface area contributed by atoms with E-state index in [4.69, 9.17) is 0 Å². The molecule has 244 valence electrons. The summed E-state index contributed by atoms with van der Waals surface area (Å²) in [5.74, 6) is -4.03. The lowest BCUT2D eigenvalue weighted by atomic mass is 9.84. The first-order chi connectivity index (χ1) is 19.8. The summed E-state index contributed by atoms with van der Waals surface area (Å²) in [7, 11) is 0. The number of carboxylic acids is 1. The molecule has 1 rings (SSSR count). The lowest BCUT2D eigenvalue weighted by molar-refractivity contribution is -0.144. The predicted octanol–water partition coefficient (Wildman–Crippen LogP) is 2.62. The van der Waals surface area contributed by atoms with Gasteiger partial charge in [-0.3, -0.25) is 19.2 Å². The molecule has 1 aliphatic heterocycles. The Morgan fingerprint density at radius 3 is 1.98 bits per heavy atom. The van der Waals surface area contributed by atoms with Crippen LogP contribution in [0.4, 0.5) is 4.79 Å². The highest BCUT2D eigenvalue weighted by atomic mass is 16.4. The van der Waals surface area contributed by atoms with E-state index in [-0.39, 0.29) is 31.3 Å². The molecule has 0 radical (unpaired) electrons. The molecule has 43 heavy (non-hydrogen) atoms. The van der Waals surface area contributed by atoms with Gasteiger partial charge in [0.25, 0.3) is 5.91 Å². The van der Waals surface area contributed by atoms with E-state index in [1.807, 2.05) is 20.8 Å². The summed E-state index contributed by atoms with van der Waals surface area (Å²) < 4.78 is 0. The summed E-state index contributed by atoms with van der Waals surface area (Å²) in [6.45, 7) is 20.1. The van der Waals surface area contributed by atoms with Gasteiger partial charge in [-0.2, -0.15) is 0 Å². The van der Waals surface area contributed by atoms with E-state index in [0.29, 0.717) is 12.8 Å². The first-order valence-corrected chi connectivity index (χ1v) is 15.1. The maximum atomic E-state index is 14.1. The molecule has 0 saturated carbocycles. The van der Waals surface area contributed by atoms with Crippen LogP contribution in [-0.2, 0) is 24.0 Å². The molecule has 12 nitrogen and oxygen atoms in total. The van der Waals surface area contributed by atoms with Crippen molar-refractivity contribution < 1.29 is 33.9 Å². The van der Waals surface area contributed by atoms with Crippen LogP contribution in [0.5, 0.6) is 0 Å². The predicted molar refractivity (Wildman–Crippen MR) is 164 cm³/mol. The molecule has 1 aliphatic rings. The van der Waals surface area contributed by atoms with Crippen molar-refractivity contribution in [2.45, 2.75) is 112 Å². The number of likely N-dealkylation sites (tertiary alicyclic amines) is 1. The lowest BCUT2D eigenvalue weighted by Gasteiger charge is -2.37. The van der Waals surface area contributed by atoms with Gasteiger partial charge in [0.15, 0.2) is 0 Å². The van der Waals surface area contributed by atoms with Gasteiger partial charge in [-0.25, -0.2) is 9.59 Å². The highest BCUT2D eigenvalue weighted by Gasteiger charge is 2.48. The van der Waals surface area contributed by atoms with Gasteiger partial charge in [0.1, 0.15) is 18.1 Å². The Balaban J connectivity index is 3.34. The average molecular weight is 608 g/mol. The zero-order valence-corrected chi connectivity index (χ0v) is 27.3. The number of ketones is 1. The van der Waals surface area contributed by atoms with Crippen molar-refractivity contribution in [3.63, 3.8) is 0 Å². The van der Waals surface area contributed by atoms with Crippen molar-refractivity contribution in [3.8, 4) is 0 Å². The van der Waals surface area contributed by atoms with Crippen molar-refractivity contribution in [3.05, 3.63) is 12.7 Å². The Kier molecular flexibility index (Phi) is 13.9. The first kappa shape index (κ1) is 37.6. The zero-order valence-electron chi connectivity index (χ0n) is 27.3. The van der Waals surface area contributed by atoms with Crippen LogP contribution in [0.2, 0.25) is 0 Å². The summed E-state index contributed by atoms with van der Waals surface area (Å²) in [6, 6.07) is -5.11. The van der Waals surface area contributed by atoms with E-state index in [1.165, 1.54) is 11.0 Å². The maximum Gasteiger partial charge on any atom is 0.326 e. The number of carboxylic acid groups (broad SMARTS) is 1. The molecular formula is C31H53N5O7. The second-order valence-electron chi connectivity index (χ2n) is 13.8. The van der Waals surface area contributed by atoms with E-state index in [0.717, 1.165) is 6.42 Å². The van der Waals surface area contributed by atoms with Crippen molar-refractivity contribution >= 4 is 35.5 Å². The summed E-state index contributed by atoms with van der Waals surface area (Å²) in [4.78, 5) is 79.6. The van der Waals surface area contributed by atoms with E-state index in [9.17, 15) is 33.9 Å².